The van der Waals surface area contributed by atoms with Gasteiger partial charge in [-0.05, 0) is 44.0 Å². The van der Waals surface area contributed by atoms with Gasteiger partial charge in [0.15, 0.2) is 0 Å². The molecular formula is C10H5Br2NOS2. The normalized spacial score (nSPS) is 11.7. The fourth-order valence-corrected chi connectivity index (χ4v) is 5.10. The topological polar surface area (TPSA) is 22.0 Å². The first-order chi connectivity index (χ1) is 7.58. The van der Waals surface area contributed by atoms with E-state index in [2.05, 4.69) is 31.9 Å². The van der Waals surface area contributed by atoms with E-state index in [1.165, 1.54) is 4.70 Å². The largest absolute Gasteiger partial charge is 0.310 e. The second-order valence-corrected chi connectivity index (χ2v) is 8.29. The first kappa shape index (κ1) is 11.0. The molecule has 0 aliphatic carbocycles. The lowest BCUT2D eigenvalue weighted by Crippen LogP contribution is -2.15. The number of aromatic nitrogens is 1. The second kappa shape index (κ2) is 3.66. The highest BCUT2D eigenvalue weighted by Crippen LogP contribution is 2.38. The Morgan fingerprint density at radius 1 is 1.12 bits per heavy atom. The third-order valence-electron chi connectivity index (χ3n) is 2.49. The van der Waals surface area contributed by atoms with Gasteiger partial charge >= 0.3 is 0 Å². The lowest BCUT2D eigenvalue weighted by atomic mass is 10.3. The van der Waals surface area contributed by atoms with Crippen LogP contribution in [0, 0.1) is 0 Å². The van der Waals surface area contributed by atoms with Crippen LogP contribution in [0.15, 0.2) is 24.5 Å². The van der Waals surface area contributed by atoms with Crippen molar-refractivity contribution in [2.45, 2.75) is 0 Å². The van der Waals surface area contributed by atoms with Gasteiger partial charge in [-0.3, -0.25) is 4.79 Å². The number of aryl methyl sites for hydroxylation is 1. The number of halogens is 2. The molecule has 0 bridgehead atoms. The molecule has 0 amide bonds. The van der Waals surface area contributed by atoms with Crippen LogP contribution in [-0.4, -0.2) is 4.57 Å². The van der Waals surface area contributed by atoms with Crippen molar-refractivity contribution in [2.75, 3.05) is 0 Å². The zero-order chi connectivity index (χ0) is 11.4. The van der Waals surface area contributed by atoms with E-state index in [0.29, 0.717) is 0 Å². The maximum Gasteiger partial charge on any atom is 0.259 e. The predicted molar refractivity (Wildman–Crippen MR) is 77.8 cm³/mol. The number of nitrogens with zero attached hydrogens (tertiary/aromatic N) is 1. The van der Waals surface area contributed by atoms with E-state index in [0.717, 1.165) is 23.2 Å². The summed E-state index contributed by atoms with van der Waals surface area (Å²) < 4.78 is 5.99. The first-order valence-corrected chi connectivity index (χ1v) is 7.67. The molecule has 3 rings (SSSR count). The lowest BCUT2D eigenvalue weighted by Gasteiger charge is -2.00. The highest BCUT2D eigenvalue weighted by molar-refractivity contribution is 9.11. The van der Waals surface area contributed by atoms with Gasteiger partial charge in [0.25, 0.3) is 5.56 Å². The van der Waals surface area contributed by atoms with Crippen LogP contribution in [0.4, 0.5) is 0 Å². The molecule has 0 radical (unpaired) electrons. The fraction of sp³-hybridized carbons (Fsp3) is 0.100. The van der Waals surface area contributed by atoms with Crippen molar-refractivity contribution >= 4 is 74.8 Å². The van der Waals surface area contributed by atoms with Gasteiger partial charge in [-0.1, -0.05) is 0 Å². The highest BCUT2D eigenvalue weighted by Gasteiger charge is 2.13. The van der Waals surface area contributed by atoms with Gasteiger partial charge < -0.3 is 4.57 Å². The summed E-state index contributed by atoms with van der Waals surface area (Å²) in [6.45, 7) is 0. The van der Waals surface area contributed by atoms with E-state index in [9.17, 15) is 4.79 Å². The van der Waals surface area contributed by atoms with Crippen LogP contribution >= 0.6 is 54.5 Å². The molecule has 0 aromatic carbocycles. The Hall–Kier alpha value is -0.170. The lowest BCUT2D eigenvalue weighted by molar-refractivity contribution is 0.920. The van der Waals surface area contributed by atoms with E-state index < -0.39 is 0 Å². The molecule has 0 fully saturated rings. The monoisotopic (exact) mass is 377 g/mol. The van der Waals surface area contributed by atoms with Crippen molar-refractivity contribution in [2.24, 2.45) is 7.05 Å². The van der Waals surface area contributed by atoms with E-state index in [4.69, 9.17) is 0 Å². The molecule has 6 heteroatoms. The quantitative estimate of drug-likeness (QED) is 0.570. The molecule has 0 unspecified atom stereocenters. The minimum Gasteiger partial charge on any atom is -0.310 e. The van der Waals surface area contributed by atoms with Gasteiger partial charge in [-0.15, -0.1) is 22.7 Å². The van der Waals surface area contributed by atoms with Crippen LogP contribution in [0.3, 0.4) is 0 Å². The van der Waals surface area contributed by atoms with Crippen LogP contribution < -0.4 is 5.56 Å². The standard InChI is InChI=1S/C10H5Br2NOS2/c1-13-5-3-7(12)16-9(5)8-4(10(13)14)2-6(11)15-8/h2-3H,1H3. The summed E-state index contributed by atoms with van der Waals surface area (Å²) in [5, 5.41) is 0.793. The summed E-state index contributed by atoms with van der Waals surface area (Å²) in [5.74, 6) is 0. The number of hydrogen-bond donors (Lipinski definition) is 0. The first-order valence-electron chi connectivity index (χ1n) is 4.45. The molecule has 0 atom stereocenters. The van der Waals surface area contributed by atoms with Crippen molar-refractivity contribution in [1.82, 2.24) is 4.57 Å². The molecule has 3 heterocycles. The fourth-order valence-electron chi connectivity index (χ4n) is 1.74. The van der Waals surface area contributed by atoms with Crippen molar-refractivity contribution < 1.29 is 0 Å². The number of fused-ring (bicyclic) bond motifs is 3. The molecule has 0 saturated heterocycles. The van der Waals surface area contributed by atoms with Crippen LogP contribution in [0.1, 0.15) is 0 Å². The third kappa shape index (κ3) is 1.44. The Labute approximate surface area is 116 Å². The summed E-state index contributed by atoms with van der Waals surface area (Å²) in [4.78, 5) is 12.1. The molecule has 0 spiro atoms. The number of pyridine rings is 1. The van der Waals surface area contributed by atoms with Gasteiger partial charge in [-0.25, -0.2) is 0 Å². The molecule has 0 N–H and O–H groups in total. The minimum absolute atomic E-state index is 0.0646. The zero-order valence-corrected chi connectivity index (χ0v) is 12.9. The van der Waals surface area contributed by atoms with Gasteiger partial charge in [0.1, 0.15) is 0 Å². The minimum atomic E-state index is 0.0646. The number of thiophene rings is 2. The molecule has 16 heavy (non-hydrogen) atoms. The van der Waals surface area contributed by atoms with Gasteiger partial charge in [0.05, 0.1) is 27.9 Å². The molecule has 0 saturated carbocycles. The molecular weight excluding hydrogens is 374 g/mol. The van der Waals surface area contributed by atoms with Gasteiger partial charge in [-0.2, -0.15) is 0 Å². The Morgan fingerprint density at radius 2 is 1.75 bits per heavy atom. The molecule has 82 valence electrons. The summed E-state index contributed by atoms with van der Waals surface area (Å²) in [6, 6.07) is 3.89. The average Bonchev–Trinajstić information content (AvgIpc) is 2.78. The SMILES string of the molecule is Cn1c(=O)c2cc(Br)sc2c2sc(Br)cc21. The smallest absolute Gasteiger partial charge is 0.259 e. The summed E-state index contributed by atoms with van der Waals surface area (Å²) >= 11 is 10.2. The van der Waals surface area contributed by atoms with Crippen LogP contribution in [-0.2, 0) is 7.05 Å². The van der Waals surface area contributed by atoms with Crippen molar-refractivity contribution in [3.63, 3.8) is 0 Å². The van der Waals surface area contributed by atoms with Crippen LogP contribution in [0.5, 0.6) is 0 Å². The van der Waals surface area contributed by atoms with E-state index in [-0.39, 0.29) is 5.56 Å². The van der Waals surface area contributed by atoms with E-state index >= 15 is 0 Å². The number of rotatable bonds is 0. The Morgan fingerprint density at radius 3 is 2.50 bits per heavy atom. The van der Waals surface area contributed by atoms with Gasteiger partial charge in [0.2, 0.25) is 0 Å². The number of hydrogen-bond acceptors (Lipinski definition) is 3. The molecule has 0 aliphatic rings. The summed E-state index contributed by atoms with van der Waals surface area (Å²) in [7, 11) is 1.81. The van der Waals surface area contributed by atoms with Crippen molar-refractivity contribution in [3.8, 4) is 0 Å². The Balaban J connectivity index is 2.72. The predicted octanol–water partition coefficient (Wildman–Crippen LogP) is 4.34. The van der Waals surface area contributed by atoms with Crippen LogP contribution in [0.2, 0.25) is 0 Å². The maximum absolute atomic E-state index is 12.1. The Kier molecular flexibility index (Phi) is 2.51. The second-order valence-electron chi connectivity index (χ2n) is 3.42. The Bertz CT molecular complexity index is 768. The third-order valence-corrected chi connectivity index (χ3v) is 5.92. The average molecular weight is 379 g/mol. The van der Waals surface area contributed by atoms with Crippen LogP contribution in [0.25, 0.3) is 20.3 Å². The van der Waals surface area contributed by atoms with E-state index in [1.807, 2.05) is 19.2 Å². The summed E-state index contributed by atoms with van der Waals surface area (Å²) in [6.07, 6.45) is 0. The molecule has 3 aromatic rings. The molecule has 0 aliphatic heterocycles. The molecule has 3 aromatic heterocycles. The zero-order valence-electron chi connectivity index (χ0n) is 8.08. The van der Waals surface area contributed by atoms with E-state index in [1.54, 1.807) is 27.2 Å². The highest BCUT2D eigenvalue weighted by atomic mass is 79.9. The van der Waals surface area contributed by atoms with Gasteiger partial charge in [0, 0.05) is 7.05 Å². The summed E-state index contributed by atoms with van der Waals surface area (Å²) in [5.41, 5.74) is 1.05. The molecule has 2 nitrogen and oxygen atoms in total. The van der Waals surface area contributed by atoms with Crippen molar-refractivity contribution in [1.29, 1.82) is 0 Å². The van der Waals surface area contributed by atoms with Crippen molar-refractivity contribution in [3.05, 3.63) is 30.1 Å². The maximum atomic E-state index is 12.1.